The second kappa shape index (κ2) is 8.87. The molecule has 1 unspecified atom stereocenters. The van der Waals surface area contributed by atoms with Crippen LogP contribution in [0.15, 0.2) is 35.5 Å². The molecule has 4 rings (SSSR count). The predicted molar refractivity (Wildman–Crippen MR) is 140 cm³/mol. The van der Waals surface area contributed by atoms with Crippen molar-refractivity contribution in [1.29, 1.82) is 0 Å². The van der Waals surface area contributed by atoms with Gasteiger partial charge in [-0.25, -0.2) is 0 Å². The van der Waals surface area contributed by atoms with Crippen LogP contribution in [0.25, 0.3) is 0 Å². The van der Waals surface area contributed by atoms with Crippen LogP contribution >= 0.6 is 0 Å². The monoisotopic (exact) mass is 484 g/mol. The smallest absolute Gasteiger partial charge is 0.293 e. The third-order valence-corrected chi connectivity index (χ3v) is 11.5. The van der Waals surface area contributed by atoms with Gasteiger partial charge in [0, 0.05) is 11.3 Å². The van der Waals surface area contributed by atoms with E-state index in [-0.39, 0.29) is 39.8 Å². The summed E-state index contributed by atoms with van der Waals surface area (Å²) in [7, 11) is 0. The lowest BCUT2D eigenvalue weighted by Crippen LogP contribution is -2.54. The first-order valence-electron chi connectivity index (χ1n) is 13.8. The minimum absolute atomic E-state index is 0.0356. The number of carbonyl (C=O) groups is 1. The summed E-state index contributed by atoms with van der Waals surface area (Å²) in [6.45, 7) is 20.6. The minimum atomic E-state index is -0.522. The predicted octanol–water partition coefficient (Wildman–Crippen LogP) is 6.38. The van der Waals surface area contributed by atoms with Crippen LogP contribution in [0.3, 0.4) is 0 Å². The minimum Gasteiger partial charge on any atom is -0.464 e. The van der Waals surface area contributed by atoms with Crippen LogP contribution in [0.4, 0.5) is 0 Å². The van der Waals surface area contributed by atoms with Crippen molar-refractivity contribution in [3.05, 3.63) is 35.5 Å². The Bertz CT molecular complexity index is 928. The summed E-state index contributed by atoms with van der Waals surface area (Å²) in [4.78, 5) is 11.5. The molecule has 0 amide bonds. The van der Waals surface area contributed by atoms with Crippen molar-refractivity contribution in [2.45, 2.75) is 112 Å². The molecule has 4 nitrogen and oxygen atoms in total. The number of fused-ring (bicyclic) bond motifs is 5. The van der Waals surface area contributed by atoms with Gasteiger partial charge in [0.1, 0.15) is 6.10 Å². The summed E-state index contributed by atoms with van der Waals surface area (Å²) in [6, 6.07) is 0. The quantitative estimate of drug-likeness (QED) is 0.325. The number of aliphatic hydroxyl groups is 2. The fraction of sp³-hybridized carbons (Fsp3) is 0.774. The lowest BCUT2D eigenvalue weighted by Gasteiger charge is -2.60. The van der Waals surface area contributed by atoms with E-state index in [2.05, 4.69) is 67.2 Å². The van der Waals surface area contributed by atoms with E-state index in [1.165, 1.54) is 11.1 Å². The summed E-state index contributed by atoms with van der Waals surface area (Å²) in [5.41, 5.74) is 3.52. The molecular weight excluding hydrogens is 436 g/mol. The molecule has 0 heterocycles. The largest absolute Gasteiger partial charge is 0.464 e. The standard InChI is InChI=1S/C31H48O4/c1-19(2)20(3)9-11-24(35-18-32)27-23(33)17-31(8)22-10-12-25-28(4,5)26(34)14-15-29(25,6)21(22)13-16-30(27,31)7/h10,13,18-19,23-27,33-34H,3,9,11-12,14-17H2,1-2,4-8H3/t23-,24-,25+,26?,27-,29-,30-,31+/m1/s1. The van der Waals surface area contributed by atoms with Crippen LogP contribution in [0.2, 0.25) is 0 Å². The van der Waals surface area contributed by atoms with Gasteiger partial charge in [-0.2, -0.15) is 0 Å². The van der Waals surface area contributed by atoms with Gasteiger partial charge in [0.25, 0.3) is 6.47 Å². The summed E-state index contributed by atoms with van der Waals surface area (Å²) >= 11 is 0. The third-order valence-electron chi connectivity index (χ3n) is 11.5. The number of carbonyl (C=O) groups excluding carboxylic acids is 1. The van der Waals surface area contributed by atoms with Crippen LogP contribution in [-0.2, 0) is 9.53 Å². The topological polar surface area (TPSA) is 66.8 Å². The number of rotatable bonds is 7. The first kappa shape index (κ1) is 26.7. The molecule has 0 aromatic heterocycles. The van der Waals surface area contributed by atoms with Gasteiger partial charge in [0.2, 0.25) is 0 Å². The third kappa shape index (κ3) is 3.81. The van der Waals surface area contributed by atoms with Gasteiger partial charge in [0.05, 0.1) is 12.2 Å². The van der Waals surface area contributed by atoms with E-state index in [0.29, 0.717) is 31.1 Å². The van der Waals surface area contributed by atoms with Crippen LogP contribution in [0, 0.1) is 39.4 Å². The number of hydrogen-bond acceptors (Lipinski definition) is 4. The van der Waals surface area contributed by atoms with E-state index in [4.69, 9.17) is 4.74 Å². The highest BCUT2D eigenvalue weighted by Crippen LogP contribution is 2.71. The van der Waals surface area contributed by atoms with Crippen molar-refractivity contribution < 1.29 is 19.7 Å². The van der Waals surface area contributed by atoms with Crippen LogP contribution in [-0.4, -0.2) is 35.0 Å². The van der Waals surface area contributed by atoms with Crippen molar-refractivity contribution in [3.63, 3.8) is 0 Å². The zero-order chi connectivity index (χ0) is 26.0. The van der Waals surface area contributed by atoms with E-state index < -0.39 is 6.10 Å². The maximum atomic E-state index is 11.5. The summed E-state index contributed by atoms with van der Waals surface area (Å²) in [5.74, 6) is 0.671. The first-order valence-corrected chi connectivity index (χ1v) is 13.8. The number of allylic oxidation sites excluding steroid dienone is 5. The molecule has 196 valence electrons. The molecule has 0 saturated heterocycles. The normalized spacial score (nSPS) is 42.8. The average molecular weight is 485 g/mol. The zero-order valence-electron chi connectivity index (χ0n) is 23.1. The van der Waals surface area contributed by atoms with Crippen molar-refractivity contribution in [2.75, 3.05) is 0 Å². The van der Waals surface area contributed by atoms with Crippen molar-refractivity contribution >= 4 is 6.47 Å². The molecule has 4 aliphatic rings. The molecule has 0 bridgehead atoms. The Kier molecular flexibility index (Phi) is 6.76. The van der Waals surface area contributed by atoms with Gasteiger partial charge in [0.15, 0.2) is 0 Å². The van der Waals surface area contributed by atoms with Crippen LogP contribution < -0.4 is 0 Å². The molecule has 0 radical (unpaired) electrons. The van der Waals surface area contributed by atoms with Crippen LogP contribution in [0.5, 0.6) is 0 Å². The van der Waals surface area contributed by atoms with Gasteiger partial charge in [-0.05, 0) is 84.2 Å². The lowest BCUT2D eigenvalue weighted by molar-refractivity contribution is -0.143. The second-order valence-electron chi connectivity index (χ2n) is 13.7. The molecule has 0 aromatic carbocycles. The Morgan fingerprint density at radius 3 is 2.49 bits per heavy atom. The fourth-order valence-electron chi connectivity index (χ4n) is 8.78. The molecule has 4 heteroatoms. The Morgan fingerprint density at radius 1 is 1.17 bits per heavy atom. The molecule has 2 N–H and O–H groups in total. The Balaban J connectivity index is 1.71. The molecule has 0 aliphatic heterocycles. The van der Waals surface area contributed by atoms with E-state index >= 15 is 0 Å². The van der Waals surface area contributed by atoms with E-state index in [9.17, 15) is 15.0 Å². The Hall–Kier alpha value is -1.39. The molecule has 0 aromatic rings. The average Bonchev–Trinajstić information content (AvgIpc) is 2.99. The first-order chi connectivity index (χ1) is 16.2. The highest BCUT2D eigenvalue weighted by molar-refractivity contribution is 5.50. The zero-order valence-corrected chi connectivity index (χ0v) is 23.1. The fourth-order valence-corrected chi connectivity index (χ4v) is 8.78. The van der Waals surface area contributed by atoms with Crippen molar-refractivity contribution in [2.24, 2.45) is 39.4 Å². The molecule has 4 aliphatic carbocycles. The van der Waals surface area contributed by atoms with Gasteiger partial charge in [-0.1, -0.05) is 72.8 Å². The number of aliphatic hydroxyl groups excluding tert-OH is 2. The molecule has 2 saturated carbocycles. The van der Waals surface area contributed by atoms with E-state index in [0.717, 1.165) is 37.7 Å². The Labute approximate surface area is 212 Å². The molecule has 8 atom stereocenters. The summed E-state index contributed by atoms with van der Waals surface area (Å²) in [5, 5.41) is 22.3. The number of hydrogen-bond donors (Lipinski definition) is 2. The SMILES string of the molecule is C=C(CC[C@@H](OC=O)[C@H]1[C@H](O)C[C@@]2(C)C3=CC[C@H]4C(C)(C)C(O)CC[C@]4(C)C3=CC[C@]12C)C(C)C. The number of ether oxygens (including phenoxy) is 1. The summed E-state index contributed by atoms with van der Waals surface area (Å²) < 4.78 is 5.72. The molecular formula is C31H48O4. The molecule has 2 fully saturated rings. The van der Waals surface area contributed by atoms with Gasteiger partial charge in [-0.3, -0.25) is 4.79 Å². The maximum absolute atomic E-state index is 11.5. The second-order valence-corrected chi connectivity index (χ2v) is 13.7. The van der Waals surface area contributed by atoms with E-state index in [1.54, 1.807) is 0 Å². The lowest BCUT2D eigenvalue weighted by atomic mass is 9.44. The van der Waals surface area contributed by atoms with Crippen molar-refractivity contribution in [3.8, 4) is 0 Å². The van der Waals surface area contributed by atoms with Crippen molar-refractivity contribution in [1.82, 2.24) is 0 Å². The highest BCUT2D eigenvalue weighted by atomic mass is 16.5. The van der Waals surface area contributed by atoms with Crippen LogP contribution in [0.1, 0.15) is 93.4 Å². The molecule has 0 spiro atoms. The highest BCUT2D eigenvalue weighted by Gasteiger charge is 2.66. The van der Waals surface area contributed by atoms with Gasteiger partial charge >= 0.3 is 0 Å². The van der Waals surface area contributed by atoms with Gasteiger partial charge in [-0.15, -0.1) is 0 Å². The van der Waals surface area contributed by atoms with E-state index in [1.807, 2.05) is 0 Å². The molecule has 35 heavy (non-hydrogen) atoms. The summed E-state index contributed by atoms with van der Waals surface area (Å²) in [6.07, 6.45) is 9.62. The Morgan fingerprint density at radius 2 is 1.86 bits per heavy atom. The van der Waals surface area contributed by atoms with Gasteiger partial charge < -0.3 is 14.9 Å². The maximum Gasteiger partial charge on any atom is 0.293 e.